The van der Waals surface area contributed by atoms with Crippen molar-refractivity contribution < 1.29 is 37.3 Å². The number of rotatable bonds is 6. The number of aliphatic hydroxyl groups is 1. The molecule has 0 heterocycles. The average molecular weight is 382 g/mol. The molecule has 0 bridgehead atoms. The average Bonchev–Trinajstić information content (AvgIpc) is 2.57. The first-order chi connectivity index (χ1) is 12.7. The van der Waals surface area contributed by atoms with Gasteiger partial charge in [0.1, 0.15) is 28.6 Å². The van der Waals surface area contributed by atoms with Crippen LogP contribution in [-0.4, -0.2) is 24.0 Å². The number of alkyl halides is 3. The molecule has 0 saturated carbocycles. The third-order valence-electron chi connectivity index (χ3n) is 3.28. The zero-order valence-corrected chi connectivity index (χ0v) is 14.5. The Kier molecular flexibility index (Phi) is 6.33. The van der Waals surface area contributed by atoms with E-state index in [9.17, 15) is 23.1 Å². The van der Waals surface area contributed by atoms with E-state index in [0.29, 0.717) is 17.1 Å². The maximum Gasteiger partial charge on any atom is 0.573 e. The second kappa shape index (κ2) is 8.48. The van der Waals surface area contributed by atoms with Gasteiger partial charge in [0.2, 0.25) is 0 Å². The fourth-order valence-electron chi connectivity index (χ4n) is 2.21. The summed E-state index contributed by atoms with van der Waals surface area (Å²) in [7, 11) is 0. The summed E-state index contributed by atoms with van der Waals surface area (Å²) in [6, 6.07) is 11.1. The van der Waals surface area contributed by atoms with E-state index >= 15 is 0 Å². The molecule has 0 spiro atoms. The Morgan fingerprint density at radius 3 is 1.89 bits per heavy atom. The zero-order chi connectivity index (χ0) is 20.0. The van der Waals surface area contributed by atoms with Gasteiger partial charge >= 0.3 is 12.3 Å². The van der Waals surface area contributed by atoms with Gasteiger partial charge in [-0.05, 0) is 55.8 Å². The maximum atomic E-state index is 12.1. The topological polar surface area (TPSA) is 65.0 Å². The Hall–Kier alpha value is -3.16. The molecular formula is C19H17F3O5. The highest BCUT2D eigenvalue weighted by Gasteiger charge is 2.31. The molecule has 0 aliphatic carbocycles. The molecule has 2 rings (SSSR count). The summed E-state index contributed by atoms with van der Waals surface area (Å²) in [5.41, 5.74) is 0.478. The highest BCUT2D eigenvalue weighted by Crippen LogP contribution is 2.28. The fraction of sp³-hybridized carbons (Fsp3) is 0.211. The number of benzene rings is 2. The molecule has 0 amide bonds. The summed E-state index contributed by atoms with van der Waals surface area (Å²) < 4.78 is 50.7. The number of carbonyl (C=O) groups is 1. The van der Waals surface area contributed by atoms with Gasteiger partial charge in [0.25, 0.3) is 0 Å². The molecule has 144 valence electrons. The van der Waals surface area contributed by atoms with Crippen LogP contribution in [0.1, 0.15) is 19.4 Å². The highest BCUT2D eigenvalue weighted by molar-refractivity contribution is 6.17. The lowest BCUT2D eigenvalue weighted by Gasteiger charge is -2.11. The van der Waals surface area contributed by atoms with Gasteiger partial charge in [-0.15, -0.1) is 13.2 Å². The van der Waals surface area contributed by atoms with E-state index in [0.717, 1.165) is 12.1 Å². The molecule has 8 heteroatoms. The lowest BCUT2D eigenvalue weighted by atomic mass is 10.0. The van der Waals surface area contributed by atoms with Gasteiger partial charge in [0, 0.05) is 0 Å². The van der Waals surface area contributed by atoms with Gasteiger partial charge in [-0.2, -0.15) is 0 Å². The molecule has 5 nitrogen and oxygen atoms in total. The zero-order valence-electron chi connectivity index (χ0n) is 14.5. The Balaban J connectivity index is 2.11. The van der Waals surface area contributed by atoms with Crippen molar-refractivity contribution in [1.82, 2.24) is 0 Å². The smallest absolute Gasteiger partial charge is 0.512 e. The van der Waals surface area contributed by atoms with Crippen LogP contribution in [0.5, 0.6) is 17.2 Å². The van der Waals surface area contributed by atoms with Crippen LogP contribution in [0.3, 0.4) is 0 Å². The van der Waals surface area contributed by atoms with Gasteiger partial charge in [-0.3, -0.25) is 0 Å². The number of aliphatic hydroxyl groups excluding tert-OH is 1. The Morgan fingerprint density at radius 1 is 0.963 bits per heavy atom. The van der Waals surface area contributed by atoms with Crippen molar-refractivity contribution in [3.8, 4) is 17.2 Å². The second-order valence-electron chi connectivity index (χ2n) is 5.33. The lowest BCUT2D eigenvalue weighted by Crippen LogP contribution is -2.16. The van der Waals surface area contributed by atoms with Gasteiger partial charge in [0.15, 0.2) is 0 Å². The van der Waals surface area contributed by atoms with Crippen LogP contribution in [0.15, 0.2) is 54.3 Å². The summed E-state index contributed by atoms with van der Waals surface area (Å²) >= 11 is 0. The molecule has 0 aromatic heterocycles. The minimum Gasteiger partial charge on any atom is -0.512 e. The molecule has 0 atom stereocenters. The number of esters is 1. The molecule has 2 aromatic rings. The third kappa shape index (κ3) is 5.95. The van der Waals surface area contributed by atoms with Gasteiger partial charge in [-0.25, -0.2) is 4.79 Å². The van der Waals surface area contributed by atoms with Crippen molar-refractivity contribution in [2.45, 2.75) is 20.2 Å². The predicted octanol–water partition coefficient (Wildman–Crippen LogP) is 5.23. The van der Waals surface area contributed by atoms with E-state index in [1.54, 1.807) is 31.2 Å². The molecule has 1 N–H and O–H groups in total. The molecule has 0 radical (unpaired) electrons. The first-order valence-electron chi connectivity index (χ1n) is 7.90. The standard InChI is InChI=1S/C19H17F3O5/c1-3-25-18(24)17(12(2)23)13-4-6-14(7-5-13)26-15-8-10-16(11-9-15)27-19(20,21)22/h4-11,23H,3H2,1-2H3/b17-12-. The van der Waals surface area contributed by atoms with Crippen molar-refractivity contribution in [2.24, 2.45) is 0 Å². The summed E-state index contributed by atoms with van der Waals surface area (Å²) in [6.45, 7) is 3.20. The Bertz CT molecular complexity index is 805. The lowest BCUT2D eigenvalue weighted by molar-refractivity contribution is -0.274. The number of allylic oxidation sites excluding steroid dienone is 1. The number of hydrogen-bond acceptors (Lipinski definition) is 5. The van der Waals surface area contributed by atoms with E-state index < -0.39 is 12.3 Å². The van der Waals surface area contributed by atoms with Crippen LogP contribution in [0.25, 0.3) is 5.57 Å². The maximum absolute atomic E-state index is 12.1. The monoisotopic (exact) mass is 382 g/mol. The number of carbonyl (C=O) groups excluding carboxylic acids is 1. The first kappa shape index (κ1) is 20.2. The van der Waals surface area contributed by atoms with E-state index in [2.05, 4.69) is 4.74 Å². The normalized spacial score (nSPS) is 12.2. The van der Waals surface area contributed by atoms with E-state index in [-0.39, 0.29) is 23.7 Å². The number of hydrogen-bond donors (Lipinski definition) is 1. The Labute approximate surface area is 153 Å². The molecule has 0 unspecified atom stereocenters. The first-order valence-corrected chi connectivity index (χ1v) is 7.90. The third-order valence-corrected chi connectivity index (χ3v) is 3.28. The van der Waals surface area contributed by atoms with Crippen LogP contribution in [-0.2, 0) is 9.53 Å². The van der Waals surface area contributed by atoms with Gasteiger partial charge in [-0.1, -0.05) is 12.1 Å². The predicted molar refractivity (Wildman–Crippen MR) is 91.5 cm³/mol. The quantitative estimate of drug-likeness (QED) is 0.421. The number of halogens is 3. The van der Waals surface area contributed by atoms with Crippen LogP contribution in [0.4, 0.5) is 13.2 Å². The van der Waals surface area contributed by atoms with E-state index in [1.165, 1.54) is 19.1 Å². The van der Waals surface area contributed by atoms with E-state index in [1.807, 2.05) is 0 Å². The fourth-order valence-corrected chi connectivity index (χ4v) is 2.21. The van der Waals surface area contributed by atoms with E-state index in [4.69, 9.17) is 9.47 Å². The summed E-state index contributed by atoms with van der Waals surface area (Å²) in [4.78, 5) is 11.9. The number of ether oxygens (including phenoxy) is 3. The van der Waals surface area contributed by atoms with Crippen molar-refractivity contribution in [1.29, 1.82) is 0 Å². The van der Waals surface area contributed by atoms with Crippen LogP contribution in [0.2, 0.25) is 0 Å². The summed E-state index contributed by atoms with van der Waals surface area (Å²) in [5.74, 6) is -0.486. The van der Waals surface area contributed by atoms with Crippen LogP contribution >= 0.6 is 0 Å². The van der Waals surface area contributed by atoms with Gasteiger partial charge < -0.3 is 19.3 Å². The van der Waals surface area contributed by atoms with Crippen molar-refractivity contribution in [3.63, 3.8) is 0 Å². The Morgan fingerprint density at radius 2 is 1.44 bits per heavy atom. The molecule has 0 fully saturated rings. The molecule has 27 heavy (non-hydrogen) atoms. The van der Waals surface area contributed by atoms with Crippen LogP contribution in [0, 0.1) is 0 Å². The minimum atomic E-state index is -4.76. The molecule has 0 saturated heterocycles. The SMILES string of the molecule is CCOC(=O)/C(=C(/C)O)c1ccc(Oc2ccc(OC(F)(F)F)cc2)cc1. The van der Waals surface area contributed by atoms with Gasteiger partial charge in [0.05, 0.1) is 6.61 Å². The largest absolute Gasteiger partial charge is 0.573 e. The summed E-state index contributed by atoms with van der Waals surface area (Å²) in [6.07, 6.45) is -4.76. The van der Waals surface area contributed by atoms with Crippen LogP contribution < -0.4 is 9.47 Å². The molecule has 0 aliphatic heterocycles. The van der Waals surface area contributed by atoms with Crippen molar-refractivity contribution >= 4 is 11.5 Å². The molecule has 0 aliphatic rings. The second-order valence-corrected chi connectivity index (χ2v) is 5.33. The molecule has 2 aromatic carbocycles. The van der Waals surface area contributed by atoms with Crippen molar-refractivity contribution in [3.05, 3.63) is 59.9 Å². The highest BCUT2D eigenvalue weighted by atomic mass is 19.4. The van der Waals surface area contributed by atoms with Crippen molar-refractivity contribution in [2.75, 3.05) is 6.61 Å². The minimum absolute atomic E-state index is 0.0389. The molecular weight excluding hydrogens is 365 g/mol. The summed E-state index contributed by atoms with van der Waals surface area (Å²) in [5, 5.41) is 9.73.